The molecule has 0 unspecified atom stereocenters. The molecule has 0 spiro atoms. The highest BCUT2D eigenvalue weighted by molar-refractivity contribution is 7.92. The number of hydrogen-bond donors (Lipinski definition) is 1. The molecule has 4 rings (SSSR count). The Balaban J connectivity index is 1.76. The zero-order valence-corrected chi connectivity index (χ0v) is 18.1. The summed E-state index contributed by atoms with van der Waals surface area (Å²) in [7, 11) is -4.17. The van der Waals surface area contributed by atoms with Crippen LogP contribution in [0.2, 0.25) is 0 Å². The van der Waals surface area contributed by atoms with Gasteiger partial charge in [-0.3, -0.25) is 4.31 Å². The number of rotatable bonds is 3. The summed E-state index contributed by atoms with van der Waals surface area (Å²) in [5.41, 5.74) is 0.161. The van der Waals surface area contributed by atoms with Crippen LogP contribution in [-0.2, 0) is 10.0 Å². The predicted octanol–water partition coefficient (Wildman–Crippen LogP) is 2.99. The second kappa shape index (κ2) is 7.60. The first-order valence-electron chi connectivity index (χ1n) is 9.92. The molecule has 31 heavy (non-hydrogen) atoms. The van der Waals surface area contributed by atoms with E-state index in [9.17, 15) is 22.7 Å². The fourth-order valence-electron chi connectivity index (χ4n) is 3.93. The Kier molecular flexibility index (Phi) is 5.20. The van der Waals surface area contributed by atoms with Crippen LogP contribution < -0.4 is 13.9 Å². The second-order valence-electron chi connectivity index (χ2n) is 8.19. The molecule has 166 valence electrons. The summed E-state index contributed by atoms with van der Waals surface area (Å²) in [6.07, 6.45) is -0.964. The molecular formula is C21H24FN3O5S. The van der Waals surface area contributed by atoms with E-state index in [1.807, 2.05) is 11.0 Å². The number of piperazine rings is 1. The molecular weight excluding hydrogens is 425 g/mol. The minimum absolute atomic E-state index is 0.0207. The Morgan fingerprint density at radius 1 is 1.03 bits per heavy atom. The third kappa shape index (κ3) is 3.87. The summed E-state index contributed by atoms with van der Waals surface area (Å²) in [5, 5.41) is 9.19. The largest absolute Gasteiger partial charge is 0.482 e. The van der Waals surface area contributed by atoms with Gasteiger partial charge in [0, 0.05) is 26.2 Å². The van der Waals surface area contributed by atoms with E-state index >= 15 is 0 Å². The summed E-state index contributed by atoms with van der Waals surface area (Å²) in [6.45, 7) is 5.14. The van der Waals surface area contributed by atoms with Crippen LogP contribution in [0.1, 0.15) is 13.8 Å². The van der Waals surface area contributed by atoms with Crippen LogP contribution in [0.3, 0.4) is 0 Å². The van der Waals surface area contributed by atoms with E-state index in [1.54, 1.807) is 26.0 Å². The standard InChI is InChI=1S/C21H24FN3O5S/c1-21(2)14-25(31(28,29)18-9-4-3-6-15(18)22)17-8-5-7-16(19(17)30-21)23-10-12-24(13-11-23)20(26)27/h3-9H,10-14H2,1-2H3,(H,26,27). The van der Waals surface area contributed by atoms with Crippen molar-refractivity contribution in [2.24, 2.45) is 0 Å². The van der Waals surface area contributed by atoms with Crippen molar-refractivity contribution in [1.29, 1.82) is 0 Å². The zero-order valence-electron chi connectivity index (χ0n) is 17.3. The maximum absolute atomic E-state index is 14.4. The topological polar surface area (TPSA) is 90.4 Å². The molecule has 1 saturated heterocycles. The predicted molar refractivity (Wildman–Crippen MR) is 114 cm³/mol. The van der Waals surface area contributed by atoms with Gasteiger partial charge in [0.1, 0.15) is 16.3 Å². The van der Waals surface area contributed by atoms with Crippen molar-refractivity contribution < 1.29 is 27.4 Å². The van der Waals surface area contributed by atoms with E-state index in [1.165, 1.54) is 27.4 Å². The van der Waals surface area contributed by atoms with Crippen molar-refractivity contribution in [1.82, 2.24) is 4.90 Å². The lowest BCUT2D eigenvalue weighted by molar-refractivity contribution is 0.111. The van der Waals surface area contributed by atoms with Crippen LogP contribution in [0.5, 0.6) is 5.75 Å². The average molecular weight is 450 g/mol. The van der Waals surface area contributed by atoms with Crippen molar-refractivity contribution in [2.45, 2.75) is 24.3 Å². The van der Waals surface area contributed by atoms with E-state index < -0.39 is 27.5 Å². The number of fused-ring (bicyclic) bond motifs is 1. The number of hydrogen-bond acceptors (Lipinski definition) is 5. The molecule has 0 radical (unpaired) electrons. The SMILES string of the molecule is CC1(C)CN(S(=O)(=O)c2ccccc2F)c2cccc(N3CCN(C(=O)O)CC3)c2O1. The molecule has 0 bridgehead atoms. The minimum Gasteiger partial charge on any atom is -0.482 e. The first kappa shape index (κ1) is 21.2. The van der Waals surface area contributed by atoms with Crippen molar-refractivity contribution in [3.05, 3.63) is 48.3 Å². The quantitative estimate of drug-likeness (QED) is 0.775. The molecule has 0 aliphatic carbocycles. The number of benzene rings is 2. The fourth-order valence-corrected chi connectivity index (χ4v) is 5.61. The lowest BCUT2D eigenvalue weighted by atomic mass is 10.1. The van der Waals surface area contributed by atoms with Crippen LogP contribution in [0.4, 0.5) is 20.6 Å². The third-order valence-electron chi connectivity index (χ3n) is 5.44. The van der Waals surface area contributed by atoms with Gasteiger partial charge >= 0.3 is 6.09 Å². The second-order valence-corrected chi connectivity index (χ2v) is 10.0. The molecule has 0 atom stereocenters. The molecule has 1 amide bonds. The summed E-state index contributed by atoms with van der Waals surface area (Å²) < 4.78 is 48.6. The van der Waals surface area contributed by atoms with Gasteiger partial charge in [-0.1, -0.05) is 18.2 Å². The number of ether oxygens (including phenoxy) is 1. The summed E-state index contributed by atoms with van der Waals surface area (Å²) in [6, 6.07) is 10.5. The highest BCUT2D eigenvalue weighted by atomic mass is 32.2. The highest BCUT2D eigenvalue weighted by Crippen LogP contribution is 2.46. The molecule has 2 aromatic rings. The molecule has 2 aromatic carbocycles. The van der Waals surface area contributed by atoms with Gasteiger partial charge in [0.15, 0.2) is 5.75 Å². The first-order chi connectivity index (χ1) is 14.6. The minimum atomic E-state index is -4.17. The zero-order chi connectivity index (χ0) is 22.4. The smallest absolute Gasteiger partial charge is 0.407 e. The Bertz CT molecular complexity index is 1110. The van der Waals surface area contributed by atoms with Gasteiger partial charge in [-0.15, -0.1) is 0 Å². The maximum atomic E-state index is 14.4. The average Bonchev–Trinajstić information content (AvgIpc) is 2.72. The Labute approximate surface area is 180 Å². The van der Waals surface area contributed by atoms with E-state index in [0.717, 1.165) is 6.07 Å². The number of sulfonamides is 1. The number of carboxylic acid groups (broad SMARTS) is 1. The molecule has 10 heteroatoms. The third-order valence-corrected chi connectivity index (χ3v) is 7.23. The molecule has 2 aliphatic heterocycles. The van der Waals surface area contributed by atoms with Crippen molar-refractivity contribution >= 4 is 27.5 Å². The molecule has 1 fully saturated rings. The van der Waals surface area contributed by atoms with E-state index in [2.05, 4.69) is 0 Å². The molecule has 0 aromatic heterocycles. The maximum Gasteiger partial charge on any atom is 0.407 e. The van der Waals surface area contributed by atoms with Gasteiger partial charge in [0.2, 0.25) is 0 Å². The van der Waals surface area contributed by atoms with Gasteiger partial charge < -0.3 is 19.6 Å². The monoisotopic (exact) mass is 449 g/mol. The lowest BCUT2D eigenvalue weighted by Gasteiger charge is -2.43. The van der Waals surface area contributed by atoms with Crippen LogP contribution in [-0.4, -0.2) is 62.8 Å². The molecule has 0 saturated carbocycles. The normalized spacial score (nSPS) is 18.4. The summed E-state index contributed by atoms with van der Waals surface area (Å²) in [5.74, 6) is -0.420. The number of anilines is 2. The van der Waals surface area contributed by atoms with Crippen molar-refractivity contribution in [2.75, 3.05) is 41.9 Å². The molecule has 2 heterocycles. The highest BCUT2D eigenvalue weighted by Gasteiger charge is 2.41. The lowest BCUT2D eigenvalue weighted by Crippen LogP contribution is -2.51. The number of para-hydroxylation sites is 1. The van der Waals surface area contributed by atoms with Crippen LogP contribution in [0.15, 0.2) is 47.4 Å². The number of nitrogens with zero attached hydrogens (tertiary/aromatic N) is 3. The number of halogens is 1. The summed E-state index contributed by atoms with van der Waals surface area (Å²) in [4.78, 5) is 14.1. The Morgan fingerprint density at radius 3 is 2.32 bits per heavy atom. The van der Waals surface area contributed by atoms with E-state index in [0.29, 0.717) is 43.3 Å². The number of amides is 1. The fraction of sp³-hybridized carbons (Fsp3) is 0.381. The first-order valence-corrected chi connectivity index (χ1v) is 11.4. The van der Waals surface area contributed by atoms with Crippen LogP contribution >= 0.6 is 0 Å². The van der Waals surface area contributed by atoms with Gasteiger partial charge in [0.05, 0.1) is 17.9 Å². The number of carbonyl (C=O) groups is 1. The summed E-state index contributed by atoms with van der Waals surface area (Å²) >= 11 is 0. The van der Waals surface area contributed by atoms with Gasteiger partial charge in [0.25, 0.3) is 10.0 Å². The van der Waals surface area contributed by atoms with Gasteiger partial charge in [-0.2, -0.15) is 0 Å². The molecule has 1 N–H and O–H groups in total. The van der Waals surface area contributed by atoms with Gasteiger partial charge in [-0.25, -0.2) is 17.6 Å². The van der Waals surface area contributed by atoms with Crippen molar-refractivity contribution in [3.63, 3.8) is 0 Å². The Morgan fingerprint density at radius 2 is 1.68 bits per heavy atom. The van der Waals surface area contributed by atoms with E-state index in [-0.39, 0.29) is 11.4 Å². The molecule has 8 nitrogen and oxygen atoms in total. The van der Waals surface area contributed by atoms with Crippen LogP contribution in [0, 0.1) is 5.82 Å². The van der Waals surface area contributed by atoms with Gasteiger partial charge in [-0.05, 0) is 38.1 Å². The van der Waals surface area contributed by atoms with E-state index in [4.69, 9.17) is 4.74 Å². The Hall–Kier alpha value is -3.01. The molecule has 2 aliphatic rings. The van der Waals surface area contributed by atoms with Crippen LogP contribution in [0.25, 0.3) is 0 Å². The van der Waals surface area contributed by atoms with Crippen molar-refractivity contribution in [3.8, 4) is 5.75 Å².